The average molecular weight is 388 g/mol. The van der Waals surface area contributed by atoms with E-state index in [1.54, 1.807) is 6.92 Å². The highest BCUT2D eigenvalue weighted by Gasteiger charge is 2.34. The third-order valence-electron chi connectivity index (χ3n) is 5.43. The summed E-state index contributed by atoms with van der Waals surface area (Å²) < 4.78 is 16.5. The van der Waals surface area contributed by atoms with Gasteiger partial charge in [-0.2, -0.15) is 0 Å². The Hall–Kier alpha value is -2.74. The van der Waals surface area contributed by atoms with Crippen LogP contribution >= 0.6 is 0 Å². The number of benzene rings is 1. The first-order chi connectivity index (χ1) is 13.7. The van der Waals surface area contributed by atoms with Crippen LogP contribution in [0.15, 0.2) is 29.5 Å². The Bertz CT molecular complexity index is 807. The molecule has 1 fully saturated rings. The number of urea groups is 1. The van der Waals surface area contributed by atoms with E-state index in [1.165, 1.54) is 10.5 Å². The highest BCUT2D eigenvalue weighted by molar-refractivity contribution is 5.93. The number of nitrogens with one attached hydrogen (secondary N) is 3. The Kier molecular flexibility index (Phi) is 5.38. The fourth-order valence-electron chi connectivity index (χ4n) is 4.13. The lowest BCUT2D eigenvalue weighted by Gasteiger charge is -2.27. The van der Waals surface area contributed by atoms with Gasteiger partial charge in [-0.25, -0.2) is 9.59 Å². The highest BCUT2D eigenvalue weighted by atomic mass is 16.6. The molecule has 3 N–H and O–H groups in total. The first-order valence-corrected chi connectivity index (χ1v) is 9.84. The van der Waals surface area contributed by atoms with Crippen molar-refractivity contribution in [1.29, 1.82) is 0 Å². The van der Waals surface area contributed by atoms with Crippen molar-refractivity contribution in [3.8, 4) is 11.5 Å². The van der Waals surface area contributed by atoms with Gasteiger partial charge in [-0.15, -0.1) is 0 Å². The number of amides is 2. The van der Waals surface area contributed by atoms with Gasteiger partial charge in [0.1, 0.15) is 25.8 Å². The van der Waals surface area contributed by atoms with Gasteiger partial charge in [0.05, 0.1) is 31.0 Å². The van der Waals surface area contributed by atoms with Crippen LogP contribution < -0.4 is 25.0 Å². The molecule has 0 saturated carbocycles. The molecule has 3 aliphatic rings. The number of ether oxygens (including phenoxy) is 3. The lowest BCUT2D eigenvalue weighted by atomic mass is 10.0. The van der Waals surface area contributed by atoms with Gasteiger partial charge in [0.15, 0.2) is 11.5 Å². The van der Waals surface area contributed by atoms with Crippen LogP contribution in [0.4, 0.5) is 4.79 Å². The number of carbonyl (C=O) groups is 2. The maximum atomic E-state index is 12.3. The molecule has 1 saturated heterocycles. The lowest BCUT2D eigenvalue weighted by Crippen LogP contribution is -3.10. The third kappa shape index (κ3) is 3.77. The van der Waals surface area contributed by atoms with Gasteiger partial charge in [0, 0.05) is 18.4 Å². The lowest BCUT2D eigenvalue weighted by molar-refractivity contribution is -0.914. The minimum atomic E-state index is -0.375. The molecule has 1 aromatic rings. The average Bonchev–Trinajstić information content (AvgIpc) is 3.16. The van der Waals surface area contributed by atoms with Crippen molar-refractivity contribution in [3.63, 3.8) is 0 Å². The van der Waals surface area contributed by atoms with Gasteiger partial charge in [0.2, 0.25) is 0 Å². The number of hydrogen-bond acceptors (Lipinski definition) is 5. The molecule has 3 aliphatic heterocycles. The molecule has 2 amide bonds. The molecule has 8 nitrogen and oxygen atoms in total. The van der Waals surface area contributed by atoms with Crippen LogP contribution in [-0.2, 0) is 9.53 Å². The van der Waals surface area contributed by atoms with E-state index in [0.717, 1.165) is 30.9 Å². The van der Waals surface area contributed by atoms with Gasteiger partial charge in [-0.3, -0.25) is 0 Å². The van der Waals surface area contributed by atoms with Crippen LogP contribution in [0.25, 0.3) is 0 Å². The first-order valence-electron chi connectivity index (χ1n) is 9.84. The molecule has 4 rings (SSSR count). The molecule has 8 heteroatoms. The molecule has 28 heavy (non-hydrogen) atoms. The normalized spacial score (nSPS) is 23.8. The molecular formula is C20H26N3O5+. The van der Waals surface area contributed by atoms with Crippen molar-refractivity contribution >= 4 is 12.0 Å². The van der Waals surface area contributed by atoms with E-state index in [1.807, 2.05) is 6.07 Å². The fourth-order valence-corrected chi connectivity index (χ4v) is 4.13. The van der Waals surface area contributed by atoms with Gasteiger partial charge in [-0.05, 0) is 25.1 Å². The van der Waals surface area contributed by atoms with Crippen molar-refractivity contribution < 1.29 is 28.7 Å². The Morgan fingerprint density at radius 3 is 2.93 bits per heavy atom. The quantitative estimate of drug-likeness (QED) is 0.632. The van der Waals surface area contributed by atoms with Gasteiger partial charge >= 0.3 is 12.0 Å². The maximum Gasteiger partial charge on any atom is 0.337 e. The van der Waals surface area contributed by atoms with Crippen LogP contribution in [0.3, 0.4) is 0 Å². The Morgan fingerprint density at radius 1 is 1.29 bits per heavy atom. The van der Waals surface area contributed by atoms with Crippen LogP contribution in [-0.4, -0.2) is 51.5 Å². The molecular weight excluding hydrogens is 362 g/mol. The van der Waals surface area contributed by atoms with Crippen molar-refractivity contribution in [3.05, 3.63) is 35.0 Å². The molecule has 0 spiro atoms. The van der Waals surface area contributed by atoms with Crippen LogP contribution in [0.5, 0.6) is 11.5 Å². The summed E-state index contributed by atoms with van der Waals surface area (Å²) >= 11 is 0. The molecule has 0 radical (unpaired) electrons. The van der Waals surface area contributed by atoms with E-state index in [-0.39, 0.29) is 24.6 Å². The molecule has 1 unspecified atom stereocenters. The second-order valence-electron chi connectivity index (χ2n) is 7.17. The zero-order chi connectivity index (χ0) is 19.5. The number of rotatable bonds is 5. The maximum absolute atomic E-state index is 12.3. The van der Waals surface area contributed by atoms with Crippen molar-refractivity contribution in [2.45, 2.75) is 25.8 Å². The summed E-state index contributed by atoms with van der Waals surface area (Å²) in [6, 6.07) is 6.11. The van der Waals surface area contributed by atoms with Crippen molar-refractivity contribution in [2.24, 2.45) is 0 Å². The number of carbonyl (C=O) groups excluding carboxylic acids is 2. The fraction of sp³-hybridized carbons (Fsp3) is 0.500. The van der Waals surface area contributed by atoms with E-state index < -0.39 is 0 Å². The van der Waals surface area contributed by atoms with Crippen molar-refractivity contribution in [2.75, 3.05) is 39.5 Å². The molecule has 2 atom stereocenters. The minimum absolute atomic E-state index is 0.196. The SMILES string of the molecule is CCOC(=O)C1=C(C[NH+]2CCC[C@H]2c2ccc3c(c2)OCCO3)NC(=O)NC1. The van der Waals surface area contributed by atoms with Crippen LogP contribution in [0, 0.1) is 0 Å². The minimum Gasteiger partial charge on any atom is -0.486 e. The Morgan fingerprint density at radius 2 is 2.11 bits per heavy atom. The van der Waals surface area contributed by atoms with Crippen molar-refractivity contribution in [1.82, 2.24) is 10.6 Å². The predicted molar refractivity (Wildman–Crippen MR) is 100 cm³/mol. The molecule has 0 bridgehead atoms. The molecule has 150 valence electrons. The van der Waals surface area contributed by atoms with E-state index in [2.05, 4.69) is 22.8 Å². The number of likely N-dealkylation sites (tertiary alicyclic amines) is 1. The second kappa shape index (κ2) is 8.10. The zero-order valence-corrected chi connectivity index (χ0v) is 16.0. The number of quaternary nitrogens is 1. The predicted octanol–water partition coefficient (Wildman–Crippen LogP) is 0.308. The largest absolute Gasteiger partial charge is 0.486 e. The standard InChI is InChI=1S/C20H25N3O5/c1-2-26-19(24)14-11-21-20(25)22-15(14)12-23-7-3-4-16(23)13-5-6-17-18(10-13)28-9-8-27-17/h5-6,10,16H,2-4,7-9,11-12H2,1H3,(H2,21,22,25)/p+1/t16-/m0/s1. The zero-order valence-electron chi connectivity index (χ0n) is 16.0. The first kappa shape index (κ1) is 18.6. The topological polar surface area (TPSA) is 90.3 Å². The smallest absolute Gasteiger partial charge is 0.337 e. The van der Waals surface area contributed by atoms with E-state index in [0.29, 0.717) is 37.6 Å². The van der Waals surface area contributed by atoms with Crippen LogP contribution in [0.2, 0.25) is 0 Å². The summed E-state index contributed by atoms with van der Waals surface area (Å²) in [5, 5.41) is 5.47. The van der Waals surface area contributed by atoms with E-state index in [9.17, 15) is 9.59 Å². The van der Waals surface area contributed by atoms with Gasteiger partial charge in [0.25, 0.3) is 0 Å². The monoisotopic (exact) mass is 388 g/mol. The number of esters is 1. The molecule has 0 aromatic heterocycles. The van der Waals surface area contributed by atoms with Gasteiger partial charge in [-0.1, -0.05) is 0 Å². The van der Waals surface area contributed by atoms with Crippen LogP contribution in [0.1, 0.15) is 31.4 Å². The molecule has 0 aliphatic carbocycles. The number of fused-ring (bicyclic) bond motifs is 1. The van der Waals surface area contributed by atoms with E-state index >= 15 is 0 Å². The summed E-state index contributed by atoms with van der Waals surface area (Å²) in [5.41, 5.74) is 2.35. The summed E-state index contributed by atoms with van der Waals surface area (Å²) in [7, 11) is 0. The summed E-state index contributed by atoms with van der Waals surface area (Å²) in [4.78, 5) is 25.4. The number of hydrogen-bond donors (Lipinski definition) is 3. The van der Waals surface area contributed by atoms with E-state index in [4.69, 9.17) is 14.2 Å². The second-order valence-corrected chi connectivity index (χ2v) is 7.17. The summed E-state index contributed by atoms with van der Waals surface area (Å²) in [6.07, 6.45) is 2.13. The van der Waals surface area contributed by atoms with Gasteiger partial charge < -0.3 is 29.7 Å². The Balaban J connectivity index is 1.56. The summed E-state index contributed by atoms with van der Waals surface area (Å²) in [5.74, 6) is 1.20. The third-order valence-corrected chi connectivity index (χ3v) is 5.43. The summed E-state index contributed by atoms with van der Waals surface area (Å²) in [6.45, 7) is 4.96. The highest BCUT2D eigenvalue weighted by Crippen LogP contribution is 2.33. The molecule has 1 aromatic carbocycles. The molecule has 3 heterocycles. The Labute approximate surface area is 163 Å².